The standard InChI is InChI=1S/C31H36FNO3/c1-21(9-10-22-11-13-25(32)14-12-22)24-17-28-29(31(34,35)18-24)26-20-33(19-23-7-5-4-6-8-23)16-15-27(26)30(2,3)36-28/h4-8,11-14,17-18,21,27,34-35H,9-10,15-16,19-20H2,1-3H3. The van der Waals surface area contributed by atoms with Gasteiger partial charge in [0.25, 0.3) is 0 Å². The predicted molar refractivity (Wildman–Crippen MR) is 139 cm³/mol. The molecule has 0 spiro atoms. The van der Waals surface area contributed by atoms with Crippen LogP contribution in [0.15, 0.2) is 89.2 Å². The smallest absolute Gasteiger partial charge is 0.214 e. The fourth-order valence-electron chi connectivity index (χ4n) is 5.98. The number of hydrogen-bond donors (Lipinski definition) is 2. The van der Waals surface area contributed by atoms with Gasteiger partial charge in [0.1, 0.15) is 17.2 Å². The van der Waals surface area contributed by atoms with E-state index < -0.39 is 11.4 Å². The highest BCUT2D eigenvalue weighted by Crippen LogP contribution is 2.49. The highest BCUT2D eigenvalue weighted by molar-refractivity contribution is 5.52. The van der Waals surface area contributed by atoms with Crippen LogP contribution in [0.3, 0.4) is 0 Å². The number of piperidine rings is 1. The average Bonchev–Trinajstić information content (AvgIpc) is 2.82. The summed E-state index contributed by atoms with van der Waals surface area (Å²) in [7, 11) is 0. The van der Waals surface area contributed by atoms with Crippen LogP contribution < -0.4 is 0 Å². The normalized spacial score (nSPS) is 23.7. The molecule has 2 aliphatic heterocycles. The van der Waals surface area contributed by atoms with Crippen LogP contribution >= 0.6 is 0 Å². The van der Waals surface area contributed by atoms with Gasteiger partial charge in [0.15, 0.2) is 0 Å². The van der Waals surface area contributed by atoms with Crippen molar-refractivity contribution in [2.75, 3.05) is 13.1 Å². The Hall–Kier alpha value is -2.73. The summed E-state index contributed by atoms with van der Waals surface area (Å²) >= 11 is 0. The number of rotatable bonds is 6. The summed E-state index contributed by atoms with van der Waals surface area (Å²) in [5.74, 6) is -1.54. The minimum absolute atomic E-state index is 0.0816. The summed E-state index contributed by atoms with van der Waals surface area (Å²) < 4.78 is 19.7. The molecule has 2 aromatic carbocycles. The third-order valence-electron chi connectivity index (χ3n) is 7.96. The molecule has 0 bridgehead atoms. The first-order chi connectivity index (χ1) is 17.1. The molecule has 190 valence electrons. The molecule has 1 aliphatic carbocycles. The van der Waals surface area contributed by atoms with Crippen molar-refractivity contribution in [3.63, 3.8) is 0 Å². The summed E-state index contributed by atoms with van der Waals surface area (Å²) in [6.07, 6.45) is 6.08. The molecule has 1 fully saturated rings. The lowest BCUT2D eigenvalue weighted by Gasteiger charge is -2.50. The number of allylic oxidation sites excluding steroid dienone is 2. The number of halogens is 1. The third kappa shape index (κ3) is 5.06. The zero-order valence-electron chi connectivity index (χ0n) is 21.4. The molecule has 2 N–H and O–H groups in total. The molecule has 2 atom stereocenters. The van der Waals surface area contributed by atoms with Crippen molar-refractivity contribution in [1.82, 2.24) is 4.90 Å². The Bertz CT molecular complexity index is 1190. The van der Waals surface area contributed by atoms with Gasteiger partial charge in [-0.15, -0.1) is 0 Å². The minimum atomic E-state index is -2.08. The minimum Gasteiger partial charge on any atom is -0.487 e. The Morgan fingerprint density at radius 1 is 1.06 bits per heavy atom. The van der Waals surface area contributed by atoms with Crippen LogP contribution in [0.2, 0.25) is 0 Å². The number of aliphatic hydroxyl groups is 2. The first-order valence-electron chi connectivity index (χ1n) is 13.0. The van der Waals surface area contributed by atoms with E-state index in [1.165, 1.54) is 17.7 Å². The third-order valence-corrected chi connectivity index (χ3v) is 7.96. The van der Waals surface area contributed by atoms with Gasteiger partial charge in [-0.3, -0.25) is 4.90 Å². The lowest BCUT2D eigenvalue weighted by Crippen LogP contribution is -2.51. The Kier molecular flexibility index (Phi) is 6.67. The van der Waals surface area contributed by atoms with E-state index >= 15 is 0 Å². The fourth-order valence-corrected chi connectivity index (χ4v) is 5.98. The molecule has 5 heteroatoms. The molecule has 0 amide bonds. The summed E-state index contributed by atoms with van der Waals surface area (Å²) in [5.41, 5.74) is 4.32. The van der Waals surface area contributed by atoms with Gasteiger partial charge in [0, 0.05) is 19.0 Å². The van der Waals surface area contributed by atoms with Crippen molar-refractivity contribution in [2.24, 2.45) is 11.8 Å². The number of ether oxygens (including phenoxy) is 1. The van der Waals surface area contributed by atoms with E-state index in [0.717, 1.165) is 49.1 Å². The van der Waals surface area contributed by atoms with E-state index in [0.29, 0.717) is 17.9 Å². The average molecular weight is 490 g/mol. The maximum Gasteiger partial charge on any atom is 0.214 e. The molecule has 1 saturated heterocycles. The fraction of sp³-hybridized carbons (Fsp3) is 0.419. The molecule has 0 saturated carbocycles. The Labute approximate surface area is 213 Å². The predicted octanol–water partition coefficient (Wildman–Crippen LogP) is 5.53. The van der Waals surface area contributed by atoms with Crippen LogP contribution in [0.5, 0.6) is 0 Å². The summed E-state index contributed by atoms with van der Waals surface area (Å²) in [4.78, 5) is 2.38. The van der Waals surface area contributed by atoms with Crippen LogP contribution in [0, 0.1) is 17.7 Å². The van der Waals surface area contributed by atoms with Crippen molar-refractivity contribution in [3.05, 3.63) is 106 Å². The van der Waals surface area contributed by atoms with E-state index in [1.807, 2.05) is 12.1 Å². The largest absolute Gasteiger partial charge is 0.487 e. The van der Waals surface area contributed by atoms with Crippen molar-refractivity contribution < 1.29 is 19.3 Å². The van der Waals surface area contributed by atoms with E-state index in [2.05, 4.69) is 49.9 Å². The number of aryl methyl sites for hydroxylation is 1. The number of benzene rings is 2. The number of nitrogens with zero attached hydrogens (tertiary/aromatic N) is 1. The molecule has 2 heterocycles. The maximum absolute atomic E-state index is 13.2. The van der Waals surface area contributed by atoms with Gasteiger partial charge in [-0.05, 0) is 92.1 Å². The van der Waals surface area contributed by atoms with Crippen molar-refractivity contribution >= 4 is 0 Å². The molecule has 5 rings (SSSR count). The second kappa shape index (κ2) is 9.62. The quantitative estimate of drug-likeness (QED) is 0.524. The zero-order chi connectivity index (χ0) is 25.5. The van der Waals surface area contributed by atoms with Gasteiger partial charge >= 0.3 is 0 Å². The van der Waals surface area contributed by atoms with Crippen LogP contribution in [-0.2, 0) is 17.7 Å². The van der Waals surface area contributed by atoms with Gasteiger partial charge in [-0.1, -0.05) is 49.4 Å². The molecule has 0 radical (unpaired) electrons. The van der Waals surface area contributed by atoms with Crippen LogP contribution in [0.1, 0.15) is 44.7 Å². The first-order valence-corrected chi connectivity index (χ1v) is 13.0. The van der Waals surface area contributed by atoms with Crippen molar-refractivity contribution in [3.8, 4) is 0 Å². The second-order valence-electron chi connectivity index (χ2n) is 11.1. The molecule has 2 aromatic rings. The van der Waals surface area contributed by atoms with Crippen LogP contribution in [-0.4, -0.2) is 39.6 Å². The summed E-state index contributed by atoms with van der Waals surface area (Å²) in [6, 6.07) is 17.0. The highest BCUT2D eigenvalue weighted by atomic mass is 19.1. The number of fused-ring (bicyclic) bond motifs is 2. The first kappa shape index (κ1) is 24.9. The van der Waals surface area contributed by atoms with E-state index in [1.54, 1.807) is 18.2 Å². The van der Waals surface area contributed by atoms with Gasteiger partial charge < -0.3 is 14.9 Å². The second-order valence-corrected chi connectivity index (χ2v) is 11.1. The molecule has 3 aliphatic rings. The van der Waals surface area contributed by atoms with Gasteiger partial charge in [-0.25, -0.2) is 4.39 Å². The lowest BCUT2D eigenvalue weighted by molar-refractivity contribution is -0.108. The van der Waals surface area contributed by atoms with Crippen molar-refractivity contribution in [1.29, 1.82) is 0 Å². The van der Waals surface area contributed by atoms with Gasteiger partial charge in [0.2, 0.25) is 5.79 Å². The Morgan fingerprint density at radius 3 is 2.50 bits per heavy atom. The summed E-state index contributed by atoms with van der Waals surface area (Å²) in [5, 5.41) is 22.7. The van der Waals surface area contributed by atoms with E-state index in [9.17, 15) is 14.6 Å². The number of hydrogen-bond acceptors (Lipinski definition) is 4. The van der Waals surface area contributed by atoms with Gasteiger partial charge in [0.05, 0.1) is 5.57 Å². The van der Waals surface area contributed by atoms with E-state index in [4.69, 9.17) is 4.74 Å². The molecular formula is C31H36FNO3. The lowest BCUT2D eigenvalue weighted by atomic mass is 9.71. The molecule has 2 unspecified atom stereocenters. The monoisotopic (exact) mass is 489 g/mol. The Balaban J connectivity index is 1.40. The highest BCUT2D eigenvalue weighted by Gasteiger charge is 2.49. The molecule has 36 heavy (non-hydrogen) atoms. The topological polar surface area (TPSA) is 52.9 Å². The number of likely N-dealkylation sites (tertiary alicyclic amines) is 1. The van der Waals surface area contributed by atoms with Crippen molar-refractivity contribution in [2.45, 2.75) is 58.0 Å². The summed E-state index contributed by atoms with van der Waals surface area (Å²) in [6.45, 7) is 8.75. The Morgan fingerprint density at radius 2 is 1.78 bits per heavy atom. The maximum atomic E-state index is 13.2. The van der Waals surface area contributed by atoms with Gasteiger partial charge in [-0.2, -0.15) is 0 Å². The zero-order valence-corrected chi connectivity index (χ0v) is 21.4. The molecular weight excluding hydrogens is 453 g/mol. The molecule has 0 aromatic heterocycles. The van der Waals surface area contributed by atoms with Crippen LogP contribution in [0.25, 0.3) is 0 Å². The molecule has 4 nitrogen and oxygen atoms in total. The van der Waals surface area contributed by atoms with Crippen LogP contribution in [0.4, 0.5) is 4.39 Å². The SMILES string of the molecule is CC(CCc1ccc(F)cc1)C1=CC(O)(O)C2=C3CN(Cc4ccccc4)CCC3C(C)(C)OC2=C1. The van der Waals surface area contributed by atoms with E-state index in [-0.39, 0.29) is 17.7 Å².